The maximum absolute atomic E-state index is 12.6. The molecule has 4 heterocycles. The minimum Gasteiger partial charge on any atom is -0.339 e. The van der Waals surface area contributed by atoms with E-state index in [0.717, 1.165) is 44.1 Å². The molecule has 0 spiro atoms. The van der Waals surface area contributed by atoms with Crippen molar-refractivity contribution in [1.29, 1.82) is 0 Å². The van der Waals surface area contributed by atoms with Gasteiger partial charge in [-0.25, -0.2) is 0 Å². The summed E-state index contributed by atoms with van der Waals surface area (Å²) < 4.78 is 3.24. The van der Waals surface area contributed by atoms with Crippen LogP contribution in [0.2, 0.25) is 8.67 Å². The normalized spacial score (nSPS) is 17.9. The maximum Gasteiger partial charge on any atom is 0.256 e. The number of carbonyl (C=O) groups excluding carboxylic acids is 1. The number of rotatable bonds is 2. The summed E-state index contributed by atoms with van der Waals surface area (Å²) in [6.07, 6.45) is 1.79. The van der Waals surface area contributed by atoms with Crippen LogP contribution < -0.4 is 5.32 Å². The Hall–Kier alpha value is -0.860. The van der Waals surface area contributed by atoms with Crippen molar-refractivity contribution in [3.8, 4) is 0 Å². The van der Waals surface area contributed by atoms with E-state index in [0.29, 0.717) is 33.2 Å². The first-order chi connectivity index (χ1) is 11.6. The third kappa shape index (κ3) is 3.66. The van der Waals surface area contributed by atoms with Gasteiger partial charge in [-0.15, -0.1) is 33.9 Å². The second-order valence-electron chi connectivity index (χ2n) is 6.11. The van der Waals surface area contributed by atoms with E-state index in [1.807, 2.05) is 4.90 Å². The fourth-order valence-corrected chi connectivity index (χ4v) is 4.86. The molecule has 1 fully saturated rings. The summed E-state index contributed by atoms with van der Waals surface area (Å²) >= 11 is 13.3. The van der Waals surface area contributed by atoms with Gasteiger partial charge in [-0.1, -0.05) is 23.2 Å². The van der Waals surface area contributed by atoms with Gasteiger partial charge in [0.25, 0.3) is 5.91 Å². The van der Waals surface area contributed by atoms with E-state index in [-0.39, 0.29) is 18.3 Å². The van der Waals surface area contributed by atoms with E-state index in [1.54, 1.807) is 6.07 Å². The van der Waals surface area contributed by atoms with Gasteiger partial charge in [0.1, 0.15) is 16.0 Å². The number of nitrogens with zero attached hydrogens (tertiary/aromatic N) is 4. The average molecular weight is 423 g/mol. The highest BCUT2D eigenvalue weighted by molar-refractivity contribution is 7.20. The second kappa shape index (κ2) is 7.80. The van der Waals surface area contributed by atoms with Gasteiger partial charge in [0.2, 0.25) is 0 Å². The smallest absolute Gasteiger partial charge is 0.256 e. The third-order valence-corrected chi connectivity index (χ3v) is 6.17. The summed E-state index contributed by atoms with van der Waals surface area (Å²) in [5.74, 6) is 2.40. The summed E-state index contributed by atoms with van der Waals surface area (Å²) in [4.78, 5) is 14.5. The van der Waals surface area contributed by atoms with E-state index in [9.17, 15) is 4.79 Å². The Balaban J connectivity index is 0.00000182. The molecule has 25 heavy (non-hydrogen) atoms. The summed E-state index contributed by atoms with van der Waals surface area (Å²) in [5.41, 5.74) is 0.510. The molecule has 10 heteroatoms. The predicted molar refractivity (Wildman–Crippen MR) is 101 cm³/mol. The Bertz CT molecular complexity index is 769. The number of amides is 1. The Labute approximate surface area is 165 Å². The van der Waals surface area contributed by atoms with Crippen LogP contribution >= 0.6 is 46.9 Å². The lowest BCUT2D eigenvalue weighted by atomic mass is 9.95. The number of carbonyl (C=O) groups is 1. The largest absolute Gasteiger partial charge is 0.339 e. The fraction of sp³-hybridized carbons (Fsp3) is 0.533. The minimum atomic E-state index is -0.0333. The molecule has 0 radical (unpaired) electrons. The SMILES string of the molecule is Cl.O=C(c1cc(Cl)sc1Cl)N1CCC(c2nnc3n2CCNC3)CC1. The van der Waals surface area contributed by atoms with Crippen LogP contribution in [-0.2, 0) is 13.1 Å². The molecule has 2 aromatic heterocycles. The molecule has 0 atom stereocenters. The number of nitrogens with one attached hydrogen (secondary N) is 1. The molecule has 6 nitrogen and oxygen atoms in total. The topological polar surface area (TPSA) is 63.1 Å². The highest BCUT2D eigenvalue weighted by atomic mass is 35.5. The number of hydrogen-bond donors (Lipinski definition) is 1. The molecule has 0 saturated carbocycles. The Morgan fingerprint density at radius 3 is 2.68 bits per heavy atom. The Morgan fingerprint density at radius 2 is 2.00 bits per heavy atom. The second-order valence-corrected chi connectivity index (χ2v) is 8.39. The van der Waals surface area contributed by atoms with E-state index in [2.05, 4.69) is 20.1 Å². The van der Waals surface area contributed by atoms with Crippen molar-refractivity contribution < 1.29 is 4.79 Å². The van der Waals surface area contributed by atoms with E-state index in [1.165, 1.54) is 11.3 Å². The van der Waals surface area contributed by atoms with Crippen LogP contribution in [0.15, 0.2) is 6.07 Å². The number of halogens is 3. The monoisotopic (exact) mass is 421 g/mol. The van der Waals surface area contributed by atoms with E-state index in [4.69, 9.17) is 23.2 Å². The molecule has 1 saturated heterocycles. The molecular weight excluding hydrogens is 405 g/mol. The van der Waals surface area contributed by atoms with Gasteiger partial charge in [-0.2, -0.15) is 0 Å². The summed E-state index contributed by atoms with van der Waals surface area (Å²) in [7, 11) is 0. The van der Waals surface area contributed by atoms with Gasteiger partial charge >= 0.3 is 0 Å². The van der Waals surface area contributed by atoms with Crippen LogP contribution in [0.4, 0.5) is 0 Å². The number of thiophene rings is 1. The lowest BCUT2D eigenvalue weighted by Gasteiger charge is -2.32. The highest BCUT2D eigenvalue weighted by Crippen LogP contribution is 2.34. The number of hydrogen-bond acceptors (Lipinski definition) is 5. The first kappa shape index (κ1) is 18.9. The van der Waals surface area contributed by atoms with Crippen molar-refractivity contribution in [3.05, 3.63) is 32.0 Å². The highest BCUT2D eigenvalue weighted by Gasteiger charge is 2.30. The van der Waals surface area contributed by atoms with Gasteiger partial charge in [0.05, 0.1) is 16.4 Å². The first-order valence-electron chi connectivity index (χ1n) is 8.00. The quantitative estimate of drug-likeness (QED) is 0.807. The van der Waals surface area contributed by atoms with E-state index < -0.39 is 0 Å². The molecule has 0 aromatic carbocycles. The standard InChI is InChI=1S/C15H17Cl2N5OS.ClH/c16-11-7-10(13(17)24-11)15(23)21-4-1-9(2-5-21)14-20-19-12-8-18-3-6-22(12)14;/h7,9,18H,1-6,8H2;1H. The molecular formula is C15H18Cl3N5OS. The molecule has 1 N–H and O–H groups in total. The summed E-state index contributed by atoms with van der Waals surface area (Å²) in [5, 5.41) is 12.0. The van der Waals surface area contributed by atoms with Gasteiger partial charge < -0.3 is 14.8 Å². The number of aromatic nitrogens is 3. The molecule has 1 amide bonds. The Morgan fingerprint density at radius 1 is 1.24 bits per heavy atom. The average Bonchev–Trinajstić information content (AvgIpc) is 3.17. The van der Waals surface area contributed by atoms with Crippen LogP contribution in [-0.4, -0.2) is 45.2 Å². The number of likely N-dealkylation sites (tertiary alicyclic amines) is 1. The van der Waals surface area contributed by atoms with Crippen molar-refractivity contribution in [2.24, 2.45) is 0 Å². The molecule has 136 valence electrons. The van der Waals surface area contributed by atoms with Crippen LogP contribution in [0.3, 0.4) is 0 Å². The van der Waals surface area contributed by atoms with Crippen LogP contribution in [0, 0.1) is 0 Å². The number of piperidine rings is 1. The third-order valence-electron chi connectivity index (χ3n) is 4.69. The van der Waals surface area contributed by atoms with Crippen LogP contribution in [0.5, 0.6) is 0 Å². The zero-order valence-corrected chi connectivity index (χ0v) is 16.5. The lowest BCUT2D eigenvalue weighted by Crippen LogP contribution is -2.38. The molecule has 0 unspecified atom stereocenters. The molecule has 2 aliphatic rings. The van der Waals surface area contributed by atoms with E-state index >= 15 is 0 Å². The van der Waals surface area contributed by atoms with Crippen LogP contribution in [0.25, 0.3) is 0 Å². The Kier molecular flexibility index (Phi) is 5.90. The fourth-order valence-electron chi connectivity index (χ4n) is 3.41. The van der Waals surface area contributed by atoms with Crippen molar-refractivity contribution in [1.82, 2.24) is 25.0 Å². The molecule has 0 bridgehead atoms. The van der Waals surface area contributed by atoms with Gasteiger partial charge in [0.15, 0.2) is 0 Å². The van der Waals surface area contributed by atoms with Crippen molar-refractivity contribution >= 4 is 52.9 Å². The minimum absolute atomic E-state index is 0. The van der Waals surface area contributed by atoms with Crippen LogP contribution in [0.1, 0.15) is 40.8 Å². The first-order valence-corrected chi connectivity index (χ1v) is 9.57. The zero-order chi connectivity index (χ0) is 16.7. The van der Waals surface area contributed by atoms with Gasteiger partial charge in [-0.3, -0.25) is 4.79 Å². The molecule has 2 aliphatic heterocycles. The molecule has 0 aliphatic carbocycles. The van der Waals surface area contributed by atoms with Gasteiger partial charge in [-0.05, 0) is 18.9 Å². The maximum atomic E-state index is 12.6. The number of fused-ring (bicyclic) bond motifs is 1. The summed E-state index contributed by atoms with van der Waals surface area (Å²) in [6.45, 7) is 4.05. The molecule has 2 aromatic rings. The zero-order valence-electron chi connectivity index (χ0n) is 13.4. The van der Waals surface area contributed by atoms with Crippen molar-refractivity contribution in [3.63, 3.8) is 0 Å². The summed E-state index contributed by atoms with van der Waals surface area (Å²) in [6, 6.07) is 1.66. The van der Waals surface area contributed by atoms with Gasteiger partial charge in [0, 0.05) is 32.1 Å². The van der Waals surface area contributed by atoms with Crippen molar-refractivity contribution in [2.45, 2.75) is 31.8 Å². The lowest BCUT2D eigenvalue weighted by molar-refractivity contribution is 0.0711. The van der Waals surface area contributed by atoms with Crippen molar-refractivity contribution in [2.75, 3.05) is 19.6 Å². The molecule has 4 rings (SSSR count). The predicted octanol–water partition coefficient (Wildman–Crippen LogP) is 3.19.